The average molecular weight is 859 g/mol. The Labute approximate surface area is 358 Å². The number of aliphatic hydroxyl groups is 3. The molecular weight excluding hydrogens is 773 g/mol. The summed E-state index contributed by atoms with van der Waals surface area (Å²) in [5, 5.41) is 31.0. The Morgan fingerprint density at radius 3 is 2.05 bits per heavy atom. The normalized spacial score (nSPS) is 21.2. The highest BCUT2D eigenvalue weighted by Gasteiger charge is 2.35. The number of phosphoric ester groups is 1. The average Bonchev–Trinajstić information content (AvgIpc) is 3.17. The van der Waals surface area contributed by atoms with Gasteiger partial charge in [-0.1, -0.05) is 115 Å². The van der Waals surface area contributed by atoms with E-state index in [1.54, 1.807) is 18.4 Å². The monoisotopic (exact) mass is 859 g/mol. The molecule has 0 aromatic rings. The summed E-state index contributed by atoms with van der Waals surface area (Å²) in [6.45, 7) is 4.48. The van der Waals surface area contributed by atoms with Gasteiger partial charge in [0.15, 0.2) is 12.4 Å². The van der Waals surface area contributed by atoms with Crippen LogP contribution in [0, 0.1) is 5.92 Å². The van der Waals surface area contributed by atoms with Crippen LogP contribution in [0.25, 0.3) is 0 Å². The van der Waals surface area contributed by atoms with Crippen molar-refractivity contribution >= 4 is 13.8 Å². The van der Waals surface area contributed by atoms with Crippen molar-refractivity contribution in [2.45, 2.75) is 186 Å². The minimum absolute atomic E-state index is 0.0265. The van der Waals surface area contributed by atoms with Crippen molar-refractivity contribution in [3.8, 4) is 0 Å². The summed E-state index contributed by atoms with van der Waals surface area (Å²) in [4.78, 5) is 23.0. The highest BCUT2D eigenvalue weighted by molar-refractivity contribution is 7.47. The number of nitrogens with zero attached hydrogens (tertiary/aromatic N) is 1. The van der Waals surface area contributed by atoms with E-state index in [2.05, 4.69) is 26.0 Å². The van der Waals surface area contributed by atoms with Crippen LogP contribution in [-0.4, -0.2) is 109 Å². The van der Waals surface area contributed by atoms with E-state index in [4.69, 9.17) is 23.3 Å². The Morgan fingerprint density at radius 2 is 1.39 bits per heavy atom. The molecule has 12 nitrogen and oxygen atoms in total. The SMILES string of the molecule is CCCCCCCC/C=C\CCCCCC/C=C\OC[C@H](COP(=O)(O)OCC[N+](C)(C)C)OC(=O)CCC/C=C\C[C@H]1[C@@H](O)CC(O)O[C@@H]1/C=C/[C@@H](O)CCCCC. The summed E-state index contributed by atoms with van der Waals surface area (Å²) in [7, 11) is 1.46. The molecule has 1 fully saturated rings. The van der Waals surface area contributed by atoms with E-state index in [0.29, 0.717) is 36.7 Å². The second kappa shape index (κ2) is 34.7. The molecule has 1 aliphatic rings. The maximum atomic E-state index is 12.8. The van der Waals surface area contributed by atoms with Crippen molar-refractivity contribution in [3.63, 3.8) is 0 Å². The molecule has 0 bridgehead atoms. The highest BCUT2D eigenvalue weighted by Crippen LogP contribution is 2.43. The molecule has 344 valence electrons. The molecule has 7 atom stereocenters. The van der Waals surface area contributed by atoms with E-state index >= 15 is 0 Å². The van der Waals surface area contributed by atoms with Crippen molar-refractivity contribution in [2.24, 2.45) is 5.92 Å². The topological polar surface area (TPSA) is 161 Å². The molecule has 0 aliphatic carbocycles. The number of hydrogen-bond acceptors (Lipinski definition) is 10. The molecule has 0 saturated carbocycles. The zero-order valence-electron chi connectivity index (χ0n) is 37.5. The number of aliphatic hydroxyl groups excluding tert-OH is 3. The molecule has 1 saturated heterocycles. The van der Waals surface area contributed by atoms with Gasteiger partial charge in [0.25, 0.3) is 0 Å². The van der Waals surface area contributed by atoms with E-state index in [1.165, 1.54) is 57.8 Å². The largest absolute Gasteiger partial charge is 0.498 e. The molecule has 0 radical (unpaired) electrons. The van der Waals surface area contributed by atoms with E-state index in [0.717, 1.165) is 44.9 Å². The number of rotatable bonds is 37. The molecule has 1 aliphatic heterocycles. The molecule has 2 unspecified atom stereocenters. The van der Waals surface area contributed by atoms with Gasteiger partial charge in [0, 0.05) is 18.8 Å². The lowest BCUT2D eigenvalue weighted by Crippen LogP contribution is -2.43. The first-order chi connectivity index (χ1) is 28.3. The van der Waals surface area contributed by atoms with Crippen LogP contribution in [0.3, 0.4) is 0 Å². The third kappa shape index (κ3) is 32.5. The third-order valence-corrected chi connectivity index (χ3v) is 11.2. The fraction of sp³-hybridized carbons (Fsp3) is 0.804. The number of unbranched alkanes of at least 4 members (excludes halogenated alkanes) is 14. The first-order valence-electron chi connectivity index (χ1n) is 22.8. The van der Waals surface area contributed by atoms with Crippen molar-refractivity contribution in [2.75, 3.05) is 47.5 Å². The van der Waals surface area contributed by atoms with E-state index in [-0.39, 0.29) is 38.6 Å². The minimum atomic E-state index is -4.37. The molecule has 0 aromatic carbocycles. The Hall–Kier alpha value is -1.86. The Kier molecular flexibility index (Phi) is 32.4. The second-order valence-corrected chi connectivity index (χ2v) is 18.5. The first kappa shape index (κ1) is 55.2. The van der Waals surface area contributed by atoms with Crippen molar-refractivity contribution in [3.05, 3.63) is 48.8 Å². The lowest BCUT2D eigenvalue weighted by atomic mass is 9.87. The van der Waals surface area contributed by atoms with Crippen molar-refractivity contribution in [1.29, 1.82) is 0 Å². The van der Waals surface area contributed by atoms with Gasteiger partial charge < -0.3 is 38.9 Å². The molecule has 13 heteroatoms. The Balaban J connectivity index is 2.52. The van der Waals surface area contributed by atoms with E-state index < -0.39 is 44.5 Å². The number of phosphoric acid groups is 1. The fourth-order valence-corrected chi connectivity index (χ4v) is 7.29. The molecule has 0 spiro atoms. The van der Waals surface area contributed by atoms with Crippen LogP contribution >= 0.6 is 7.82 Å². The molecular formula is C46H85NO11P+. The molecule has 0 amide bonds. The number of allylic oxidation sites excluding steroid dienone is 5. The predicted molar refractivity (Wildman–Crippen MR) is 236 cm³/mol. The quantitative estimate of drug-likeness (QED) is 0.0118. The maximum absolute atomic E-state index is 12.8. The van der Waals surface area contributed by atoms with Gasteiger partial charge in [-0.05, 0) is 70.3 Å². The summed E-state index contributed by atoms with van der Waals surface area (Å²) in [5.74, 6) is -0.771. The number of esters is 1. The molecule has 1 heterocycles. The maximum Gasteiger partial charge on any atom is 0.472 e. The lowest BCUT2D eigenvalue weighted by molar-refractivity contribution is -0.870. The number of likely N-dealkylation sites (N-methyl/N-ethyl adjacent to an activating group) is 1. The van der Waals surface area contributed by atoms with Gasteiger partial charge in [-0.25, -0.2) is 4.57 Å². The zero-order chi connectivity index (χ0) is 43.6. The van der Waals surface area contributed by atoms with E-state index in [9.17, 15) is 29.6 Å². The second-order valence-electron chi connectivity index (χ2n) is 17.0. The highest BCUT2D eigenvalue weighted by atomic mass is 31.2. The standard InChI is InChI=1S/C46H84NO11P/c1-6-8-10-11-12-13-14-15-16-17-18-19-20-21-24-28-35-54-38-41(39-56-59(52,53)55-36-34-47(3,4)5)57-45(50)31-27-23-22-26-30-42-43(49)37-46(51)58-44(42)33-32-40(48)29-25-9-7-2/h15-16,22,26,28,32-33,35,40-44,46,48-49,51H,6-14,17-21,23-25,27,29-31,34,36-39H2,1-5H3/p+1/b16-15-,26-22-,33-32+,35-28-/t40-,41+,42-,43-,44+,46?/m0/s1. The summed E-state index contributed by atoms with van der Waals surface area (Å²) in [6.07, 6.45) is 32.8. The smallest absolute Gasteiger partial charge is 0.472 e. The zero-order valence-corrected chi connectivity index (χ0v) is 38.4. The number of carbonyl (C=O) groups is 1. The van der Waals surface area contributed by atoms with Gasteiger partial charge in [-0.15, -0.1) is 0 Å². The molecule has 1 rings (SSSR count). The number of ether oxygens (including phenoxy) is 3. The van der Waals surface area contributed by atoms with Gasteiger partial charge >= 0.3 is 13.8 Å². The van der Waals surface area contributed by atoms with Crippen LogP contribution in [0.1, 0.15) is 155 Å². The van der Waals surface area contributed by atoms with Crippen LogP contribution in [0.5, 0.6) is 0 Å². The summed E-state index contributed by atoms with van der Waals surface area (Å²) < 4.78 is 40.4. The predicted octanol–water partition coefficient (Wildman–Crippen LogP) is 9.61. The molecule has 59 heavy (non-hydrogen) atoms. The van der Waals surface area contributed by atoms with E-state index in [1.807, 2.05) is 39.4 Å². The summed E-state index contributed by atoms with van der Waals surface area (Å²) in [5.41, 5.74) is 0. The minimum Gasteiger partial charge on any atom is -0.498 e. The number of quaternary nitrogens is 1. The van der Waals surface area contributed by atoms with Gasteiger partial charge in [0.05, 0.1) is 52.3 Å². The Bertz CT molecular complexity index is 1200. The number of hydrogen-bond donors (Lipinski definition) is 4. The van der Waals surface area contributed by atoms with Crippen LogP contribution < -0.4 is 0 Å². The number of carbonyl (C=O) groups excluding carboxylic acids is 1. The summed E-state index contributed by atoms with van der Waals surface area (Å²) >= 11 is 0. The van der Waals surface area contributed by atoms with Crippen LogP contribution in [0.15, 0.2) is 48.8 Å². The molecule has 0 aromatic heterocycles. The Morgan fingerprint density at radius 1 is 0.797 bits per heavy atom. The molecule has 4 N–H and O–H groups in total. The van der Waals surface area contributed by atoms with Crippen LogP contribution in [0.2, 0.25) is 0 Å². The summed E-state index contributed by atoms with van der Waals surface area (Å²) in [6, 6.07) is 0. The van der Waals surface area contributed by atoms with Crippen molar-refractivity contribution < 1.29 is 57.3 Å². The van der Waals surface area contributed by atoms with Gasteiger partial charge in [-0.2, -0.15) is 0 Å². The third-order valence-electron chi connectivity index (χ3n) is 10.2. The lowest BCUT2D eigenvalue weighted by Gasteiger charge is -2.36. The van der Waals surface area contributed by atoms with Gasteiger partial charge in [0.2, 0.25) is 0 Å². The van der Waals surface area contributed by atoms with Crippen molar-refractivity contribution in [1.82, 2.24) is 0 Å². The van der Waals surface area contributed by atoms with Crippen LogP contribution in [-0.2, 0) is 32.6 Å². The van der Waals surface area contributed by atoms with Gasteiger partial charge in [0.1, 0.15) is 19.8 Å². The first-order valence-corrected chi connectivity index (χ1v) is 24.3. The van der Waals surface area contributed by atoms with Crippen LogP contribution in [0.4, 0.5) is 0 Å². The van der Waals surface area contributed by atoms with Gasteiger partial charge in [-0.3, -0.25) is 13.8 Å². The fourth-order valence-electron chi connectivity index (χ4n) is 6.55.